The molecule has 1 aromatic carbocycles. The molecule has 0 aliphatic carbocycles. The van der Waals surface area contributed by atoms with E-state index in [1.54, 1.807) is 12.4 Å². The third kappa shape index (κ3) is 5.44. The van der Waals surface area contributed by atoms with Gasteiger partial charge in [0, 0.05) is 57.5 Å². The fraction of sp³-hybridized carbons (Fsp3) is 0.269. The first kappa shape index (κ1) is 20.9. The van der Waals surface area contributed by atoms with Crippen LogP contribution in [0.3, 0.4) is 0 Å². The van der Waals surface area contributed by atoms with Gasteiger partial charge < -0.3 is 4.90 Å². The first-order chi connectivity index (χ1) is 15.2. The van der Waals surface area contributed by atoms with Crippen molar-refractivity contribution in [3.05, 3.63) is 97.1 Å². The highest BCUT2D eigenvalue weighted by Crippen LogP contribution is 2.22. The van der Waals surface area contributed by atoms with E-state index in [0.717, 1.165) is 43.7 Å². The smallest absolute Gasteiger partial charge is 0.227 e. The molecule has 3 heterocycles. The molecule has 1 fully saturated rings. The average molecular weight is 413 g/mol. The van der Waals surface area contributed by atoms with Crippen LogP contribution in [0.4, 0.5) is 0 Å². The van der Waals surface area contributed by atoms with Crippen LogP contribution in [-0.4, -0.2) is 51.9 Å². The lowest BCUT2D eigenvalue weighted by atomic mass is 9.95. The summed E-state index contributed by atoms with van der Waals surface area (Å²) in [5, 5.41) is 0. The molecule has 5 nitrogen and oxygen atoms in total. The lowest BCUT2D eigenvalue weighted by Gasteiger charge is -2.23. The molecule has 2 aromatic heterocycles. The van der Waals surface area contributed by atoms with Gasteiger partial charge in [0.05, 0.1) is 5.92 Å². The molecule has 0 unspecified atom stereocenters. The molecule has 1 aliphatic heterocycles. The molecule has 31 heavy (non-hydrogen) atoms. The van der Waals surface area contributed by atoms with Crippen molar-refractivity contribution >= 4 is 5.91 Å². The second kappa shape index (κ2) is 10.1. The summed E-state index contributed by atoms with van der Waals surface area (Å²) < 4.78 is 0. The molecule has 4 rings (SSSR count). The number of hydrogen-bond donors (Lipinski definition) is 0. The molecule has 0 saturated carbocycles. The Morgan fingerprint density at radius 3 is 2.19 bits per heavy atom. The minimum Gasteiger partial charge on any atom is -0.337 e. The Balaban J connectivity index is 1.50. The predicted molar refractivity (Wildman–Crippen MR) is 123 cm³/mol. The number of nitrogens with zero attached hydrogens (tertiary/aromatic N) is 4. The Labute approximate surface area is 184 Å². The number of benzene rings is 1. The summed E-state index contributed by atoms with van der Waals surface area (Å²) in [6.45, 7) is 7.60. The van der Waals surface area contributed by atoms with E-state index < -0.39 is 0 Å². The second-order valence-corrected chi connectivity index (χ2v) is 8.00. The van der Waals surface area contributed by atoms with Gasteiger partial charge in [-0.3, -0.25) is 19.7 Å². The zero-order chi connectivity index (χ0) is 21.5. The van der Waals surface area contributed by atoms with Crippen LogP contribution >= 0.6 is 0 Å². The SMILES string of the molecule is C=CCN1CCN(Cc2ccncc2)C[C@@H](Cc2ccc(-c3ccncc3)cc2)C1=O. The van der Waals surface area contributed by atoms with Crippen molar-refractivity contribution in [3.8, 4) is 11.1 Å². The molecule has 0 radical (unpaired) electrons. The number of pyridine rings is 2. The highest BCUT2D eigenvalue weighted by Gasteiger charge is 2.30. The van der Waals surface area contributed by atoms with Crippen molar-refractivity contribution in [3.63, 3.8) is 0 Å². The summed E-state index contributed by atoms with van der Waals surface area (Å²) in [7, 11) is 0. The normalized spacial score (nSPS) is 17.4. The van der Waals surface area contributed by atoms with Gasteiger partial charge in [0.1, 0.15) is 0 Å². The van der Waals surface area contributed by atoms with Gasteiger partial charge in [-0.25, -0.2) is 0 Å². The van der Waals surface area contributed by atoms with Crippen molar-refractivity contribution in [1.82, 2.24) is 19.8 Å². The van der Waals surface area contributed by atoms with Gasteiger partial charge in [0.15, 0.2) is 0 Å². The van der Waals surface area contributed by atoms with Crippen LogP contribution in [0.2, 0.25) is 0 Å². The van der Waals surface area contributed by atoms with E-state index in [1.165, 1.54) is 11.1 Å². The summed E-state index contributed by atoms with van der Waals surface area (Å²) in [5.41, 5.74) is 4.71. The first-order valence-electron chi connectivity index (χ1n) is 10.7. The van der Waals surface area contributed by atoms with E-state index in [2.05, 4.69) is 45.7 Å². The molecule has 1 amide bonds. The van der Waals surface area contributed by atoms with Gasteiger partial charge in [-0.2, -0.15) is 0 Å². The number of carbonyl (C=O) groups is 1. The molecule has 1 aliphatic rings. The summed E-state index contributed by atoms with van der Waals surface area (Å²) in [6, 6.07) is 16.6. The minimum atomic E-state index is -0.0731. The standard InChI is InChI=1S/C26H28N4O/c1-2-15-30-17-16-29(19-22-7-11-27-12-8-22)20-25(26(30)31)18-21-3-5-23(6-4-21)24-9-13-28-14-10-24/h2-14,25H,1,15-20H2/t25-/m1/s1. The summed E-state index contributed by atoms with van der Waals surface area (Å²) in [6.07, 6.45) is 9.80. The van der Waals surface area contributed by atoms with Gasteiger partial charge >= 0.3 is 0 Å². The maximum absolute atomic E-state index is 13.3. The quantitative estimate of drug-likeness (QED) is 0.554. The van der Waals surface area contributed by atoms with Crippen LogP contribution in [0, 0.1) is 5.92 Å². The highest BCUT2D eigenvalue weighted by atomic mass is 16.2. The van der Waals surface area contributed by atoms with E-state index >= 15 is 0 Å². The van der Waals surface area contributed by atoms with Crippen molar-refractivity contribution in [2.24, 2.45) is 5.92 Å². The van der Waals surface area contributed by atoms with Gasteiger partial charge in [-0.15, -0.1) is 6.58 Å². The number of amides is 1. The summed E-state index contributed by atoms with van der Waals surface area (Å²) >= 11 is 0. The number of hydrogen-bond acceptors (Lipinski definition) is 4. The van der Waals surface area contributed by atoms with Crippen LogP contribution in [0.15, 0.2) is 86.0 Å². The number of carbonyl (C=O) groups excluding carboxylic acids is 1. The van der Waals surface area contributed by atoms with Gasteiger partial charge in [-0.05, 0) is 52.9 Å². The molecule has 5 heteroatoms. The lowest BCUT2D eigenvalue weighted by Crippen LogP contribution is -2.37. The summed E-state index contributed by atoms with van der Waals surface area (Å²) in [5.74, 6) is 0.145. The molecule has 0 bridgehead atoms. The second-order valence-electron chi connectivity index (χ2n) is 8.00. The topological polar surface area (TPSA) is 49.3 Å². The van der Waals surface area contributed by atoms with E-state index in [-0.39, 0.29) is 11.8 Å². The Morgan fingerprint density at radius 1 is 0.871 bits per heavy atom. The van der Waals surface area contributed by atoms with Crippen LogP contribution in [-0.2, 0) is 17.8 Å². The average Bonchev–Trinajstić information content (AvgIpc) is 2.95. The minimum absolute atomic E-state index is 0.0731. The zero-order valence-corrected chi connectivity index (χ0v) is 17.7. The Hall–Kier alpha value is -3.31. The summed E-state index contributed by atoms with van der Waals surface area (Å²) in [4.78, 5) is 25.8. The molecule has 1 atom stereocenters. The Bertz CT molecular complexity index is 989. The monoisotopic (exact) mass is 412 g/mol. The Kier molecular flexibility index (Phi) is 6.85. The van der Waals surface area contributed by atoms with Crippen LogP contribution in [0.25, 0.3) is 11.1 Å². The van der Waals surface area contributed by atoms with E-state index in [9.17, 15) is 4.79 Å². The van der Waals surface area contributed by atoms with E-state index in [0.29, 0.717) is 6.54 Å². The maximum Gasteiger partial charge on any atom is 0.227 e. The lowest BCUT2D eigenvalue weighted by molar-refractivity contribution is -0.134. The third-order valence-electron chi connectivity index (χ3n) is 5.78. The van der Waals surface area contributed by atoms with Crippen molar-refractivity contribution in [1.29, 1.82) is 0 Å². The molecule has 158 valence electrons. The zero-order valence-electron chi connectivity index (χ0n) is 17.7. The maximum atomic E-state index is 13.3. The third-order valence-corrected chi connectivity index (χ3v) is 5.78. The highest BCUT2D eigenvalue weighted by molar-refractivity contribution is 5.80. The first-order valence-corrected chi connectivity index (χ1v) is 10.7. The fourth-order valence-electron chi connectivity index (χ4n) is 4.15. The molecule has 3 aromatic rings. The van der Waals surface area contributed by atoms with Crippen LogP contribution in [0.5, 0.6) is 0 Å². The van der Waals surface area contributed by atoms with Gasteiger partial charge in [0.25, 0.3) is 0 Å². The van der Waals surface area contributed by atoms with E-state index in [1.807, 2.05) is 47.6 Å². The molecule has 0 spiro atoms. The van der Waals surface area contributed by atoms with Crippen molar-refractivity contribution < 1.29 is 4.79 Å². The van der Waals surface area contributed by atoms with Gasteiger partial charge in [-0.1, -0.05) is 30.3 Å². The van der Waals surface area contributed by atoms with Gasteiger partial charge in [0.2, 0.25) is 5.91 Å². The largest absolute Gasteiger partial charge is 0.337 e. The van der Waals surface area contributed by atoms with E-state index in [4.69, 9.17) is 0 Å². The molecular formula is C26H28N4O. The Morgan fingerprint density at radius 2 is 1.52 bits per heavy atom. The fourth-order valence-corrected chi connectivity index (χ4v) is 4.15. The number of rotatable bonds is 7. The van der Waals surface area contributed by atoms with Crippen LogP contribution in [0.1, 0.15) is 11.1 Å². The molecule has 1 saturated heterocycles. The van der Waals surface area contributed by atoms with Crippen molar-refractivity contribution in [2.75, 3.05) is 26.2 Å². The predicted octanol–water partition coefficient (Wildman–Crippen LogP) is 3.83. The van der Waals surface area contributed by atoms with Crippen LogP contribution < -0.4 is 0 Å². The van der Waals surface area contributed by atoms with Crippen molar-refractivity contribution in [2.45, 2.75) is 13.0 Å². The molecular weight excluding hydrogens is 384 g/mol. The molecule has 0 N–H and O–H groups in total. The number of aromatic nitrogens is 2.